The van der Waals surface area contributed by atoms with E-state index in [1.54, 1.807) is 0 Å². The fourth-order valence-electron chi connectivity index (χ4n) is 2.53. The van der Waals surface area contributed by atoms with Crippen molar-refractivity contribution < 1.29 is 0 Å². The molecule has 1 atom stereocenters. The van der Waals surface area contributed by atoms with Crippen LogP contribution in [0, 0.1) is 6.92 Å². The Labute approximate surface area is 104 Å². The van der Waals surface area contributed by atoms with Crippen molar-refractivity contribution in [3.8, 4) is 0 Å². The van der Waals surface area contributed by atoms with Crippen LogP contribution in [-0.4, -0.2) is 36.1 Å². The third kappa shape index (κ3) is 3.27. The van der Waals surface area contributed by atoms with Crippen LogP contribution >= 0.6 is 0 Å². The number of pyridine rings is 1. The van der Waals surface area contributed by atoms with Crippen LogP contribution in [0.4, 0.5) is 0 Å². The number of hydrogen-bond donors (Lipinski definition) is 1. The minimum absolute atomic E-state index is 0.502. The summed E-state index contributed by atoms with van der Waals surface area (Å²) in [5.74, 6) is 0. The van der Waals surface area contributed by atoms with E-state index in [1.807, 2.05) is 0 Å². The molecule has 0 unspecified atom stereocenters. The SMILES string of the molecule is CCC[C@H](c1cccc(C)n1)N1CCNCC1. The molecule has 1 saturated heterocycles. The topological polar surface area (TPSA) is 28.2 Å². The zero-order valence-corrected chi connectivity index (χ0v) is 10.9. The largest absolute Gasteiger partial charge is 0.314 e. The van der Waals surface area contributed by atoms with Gasteiger partial charge < -0.3 is 5.32 Å². The molecule has 3 nitrogen and oxygen atoms in total. The molecule has 1 aliphatic heterocycles. The summed E-state index contributed by atoms with van der Waals surface area (Å²) in [5.41, 5.74) is 2.37. The van der Waals surface area contributed by atoms with Gasteiger partial charge in [0.15, 0.2) is 0 Å². The van der Waals surface area contributed by atoms with E-state index in [0.717, 1.165) is 31.9 Å². The van der Waals surface area contributed by atoms with E-state index in [4.69, 9.17) is 4.98 Å². The summed E-state index contributed by atoms with van der Waals surface area (Å²) in [5, 5.41) is 3.41. The van der Waals surface area contributed by atoms with Gasteiger partial charge in [-0.05, 0) is 25.5 Å². The van der Waals surface area contributed by atoms with Crippen LogP contribution in [0.25, 0.3) is 0 Å². The Hall–Kier alpha value is -0.930. The first-order valence-corrected chi connectivity index (χ1v) is 6.69. The number of aryl methyl sites for hydroxylation is 1. The second-order valence-corrected chi connectivity index (χ2v) is 4.79. The van der Waals surface area contributed by atoms with Crippen molar-refractivity contribution in [2.24, 2.45) is 0 Å². The van der Waals surface area contributed by atoms with E-state index in [2.05, 4.69) is 42.3 Å². The predicted octanol–water partition coefficient (Wildman–Crippen LogP) is 2.14. The van der Waals surface area contributed by atoms with Gasteiger partial charge >= 0.3 is 0 Å². The quantitative estimate of drug-likeness (QED) is 0.863. The van der Waals surface area contributed by atoms with Gasteiger partial charge in [0.05, 0.1) is 11.7 Å². The van der Waals surface area contributed by atoms with Gasteiger partial charge in [-0.25, -0.2) is 0 Å². The molecule has 2 heterocycles. The zero-order chi connectivity index (χ0) is 12.1. The third-order valence-corrected chi connectivity index (χ3v) is 3.41. The van der Waals surface area contributed by atoms with Gasteiger partial charge in [0.25, 0.3) is 0 Å². The van der Waals surface area contributed by atoms with Crippen LogP contribution in [0.3, 0.4) is 0 Å². The van der Waals surface area contributed by atoms with Gasteiger partial charge in [0.2, 0.25) is 0 Å². The Morgan fingerprint density at radius 3 is 2.76 bits per heavy atom. The second kappa shape index (κ2) is 6.12. The van der Waals surface area contributed by atoms with Crippen molar-refractivity contribution >= 4 is 0 Å². The number of hydrogen-bond acceptors (Lipinski definition) is 3. The highest BCUT2D eigenvalue weighted by Gasteiger charge is 2.22. The molecule has 0 amide bonds. The summed E-state index contributed by atoms with van der Waals surface area (Å²) in [6, 6.07) is 6.88. The zero-order valence-electron chi connectivity index (χ0n) is 10.9. The molecule has 17 heavy (non-hydrogen) atoms. The predicted molar refractivity (Wildman–Crippen MR) is 71.1 cm³/mol. The molecule has 94 valence electrons. The van der Waals surface area contributed by atoms with E-state index in [1.165, 1.54) is 18.5 Å². The summed E-state index contributed by atoms with van der Waals surface area (Å²) in [6.07, 6.45) is 2.42. The molecule has 0 spiro atoms. The Morgan fingerprint density at radius 2 is 2.12 bits per heavy atom. The highest BCUT2D eigenvalue weighted by atomic mass is 15.2. The van der Waals surface area contributed by atoms with Gasteiger partial charge in [-0.2, -0.15) is 0 Å². The molecule has 0 aromatic carbocycles. The average molecular weight is 233 g/mol. The van der Waals surface area contributed by atoms with Gasteiger partial charge in [-0.15, -0.1) is 0 Å². The van der Waals surface area contributed by atoms with E-state index in [9.17, 15) is 0 Å². The molecular weight excluding hydrogens is 210 g/mol. The number of nitrogens with one attached hydrogen (secondary N) is 1. The fourth-order valence-corrected chi connectivity index (χ4v) is 2.53. The molecule has 1 aromatic rings. The minimum Gasteiger partial charge on any atom is -0.314 e. The summed E-state index contributed by atoms with van der Waals surface area (Å²) >= 11 is 0. The normalized spacial score (nSPS) is 19.2. The van der Waals surface area contributed by atoms with E-state index in [-0.39, 0.29) is 0 Å². The Bertz CT molecular complexity index is 345. The monoisotopic (exact) mass is 233 g/mol. The lowest BCUT2D eigenvalue weighted by molar-refractivity contribution is 0.161. The highest BCUT2D eigenvalue weighted by molar-refractivity contribution is 5.14. The van der Waals surface area contributed by atoms with E-state index in [0.29, 0.717) is 6.04 Å². The maximum atomic E-state index is 4.71. The third-order valence-electron chi connectivity index (χ3n) is 3.41. The van der Waals surface area contributed by atoms with Crippen molar-refractivity contribution in [1.29, 1.82) is 0 Å². The second-order valence-electron chi connectivity index (χ2n) is 4.79. The Kier molecular flexibility index (Phi) is 4.51. The van der Waals surface area contributed by atoms with Gasteiger partial charge in [-0.1, -0.05) is 19.4 Å². The standard InChI is InChI=1S/C14H23N3/c1-3-5-14(17-10-8-15-9-11-17)13-7-4-6-12(2)16-13/h4,6-7,14-15H,3,5,8-11H2,1-2H3/t14-/m1/s1. The smallest absolute Gasteiger partial charge is 0.0578 e. The fraction of sp³-hybridized carbons (Fsp3) is 0.643. The van der Waals surface area contributed by atoms with Crippen molar-refractivity contribution in [2.45, 2.75) is 32.7 Å². The number of rotatable bonds is 4. The first kappa shape index (κ1) is 12.5. The lowest BCUT2D eigenvalue weighted by Crippen LogP contribution is -2.45. The molecule has 1 aromatic heterocycles. The number of piperazine rings is 1. The number of nitrogens with zero attached hydrogens (tertiary/aromatic N) is 2. The van der Waals surface area contributed by atoms with Crippen LogP contribution < -0.4 is 5.32 Å². The summed E-state index contributed by atoms with van der Waals surface area (Å²) < 4.78 is 0. The van der Waals surface area contributed by atoms with Gasteiger partial charge in [0.1, 0.15) is 0 Å². The van der Waals surface area contributed by atoms with Crippen LogP contribution in [0.5, 0.6) is 0 Å². The minimum atomic E-state index is 0.502. The molecule has 1 aliphatic rings. The lowest BCUT2D eigenvalue weighted by atomic mass is 10.0. The highest BCUT2D eigenvalue weighted by Crippen LogP contribution is 2.24. The van der Waals surface area contributed by atoms with E-state index < -0.39 is 0 Å². The van der Waals surface area contributed by atoms with Crippen LogP contribution in [0.1, 0.15) is 37.2 Å². The summed E-state index contributed by atoms with van der Waals surface area (Å²) in [6.45, 7) is 8.81. The Balaban J connectivity index is 2.15. The Morgan fingerprint density at radius 1 is 1.35 bits per heavy atom. The molecule has 0 bridgehead atoms. The molecule has 2 rings (SSSR count). The molecule has 3 heteroatoms. The van der Waals surface area contributed by atoms with Crippen LogP contribution in [-0.2, 0) is 0 Å². The van der Waals surface area contributed by atoms with E-state index >= 15 is 0 Å². The first-order valence-electron chi connectivity index (χ1n) is 6.69. The van der Waals surface area contributed by atoms with Crippen molar-refractivity contribution in [3.63, 3.8) is 0 Å². The summed E-state index contributed by atoms with van der Waals surface area (Å²) in [4.78, 5) is 7.28. The summed E-state index contributed by atoms with van der Waals surface area (Å²) in [7, 11) is 0. The molecule has 0 radical (unpaired) electrons. The number of aromatic nitrogens is 1. The first-order chi connectivity index (χ1) is 8.31. The van der Waals surface area contributed by atoms with Crippen LogP contribution in [0.15, 0.2) is 18.2 Å². The maximum Gasteiger partial charge on any atom is 0.0578 e. The van der Waals surface area contributed by atoms with Crippen LogP contribution in [0.2, 0.25) is 0 Å². The molecule has 0 aliphatic carbocycles. The molecule has 1 N–H and O–H groups in total. The molecule has 0 saturated carbocycles. The van der Waals surface area contributed by atoms with Gasteiger partial charge in [-0.3, -0.25) is 9.88 Å². The van der Waals surface area contributed by atoms with Crippen molar-refractivity contribution in [1.82, 2.24) is 15.2 Å². The van der Waals surface area contributed by atoms with Gasteiger partial charge in [0, 0.05) is 31.9 Å². The maximum absolute atomic E-state index is 4.71. The van der Waals surface area contributed by atoms with Crippen molar-refractivity contribution in [3.05, 3.63) is 29.6 Å². The van der Waals surface area contributed by atoms with Crippen molar-refractivity contribution in [2.75, 3.05) is 26.2 Å². The average Bonchev–Trinajstić information content (AvgIpc) is 2.37. The molecular formula is C14H23N3. The lowest BCUT2D eigenvalue weighted by Gasteiger charge is -2.34. The molecule has 1 fully saturated rings.